The summed E-state index contributed by atoms with van der Waals surface area (Å²) in [5, 5.41) is 0. The molecule has 4 aromatic heterocycles. The summed E-state index contributed by atoms with van der Waals surface area (Å²) < 4.78 is 25.8. The Balaban J connectivity index is 0.981. The van der Waals surface area contributed by atoms with Crippen LogP contribution in [0.2, 0.25) is 0 Å². The van der Waals surface area contributed by atoms with Crippen LogP contribution in [0.3, 0.4) is 0 Å². The van der Waals surface area contributed by atoms with E-state index in [0.717, 1.165) is 89.2 Å². The van der Waals surface area contributed by atoms with E-state index in [4.69, 9.17) is 38.9 Å². The van der Waals surface area contributed by atoms with Crippen molar-refractivity contribution in [3.63, 3.8) is 0 Å². The largest absolute Gasteiger partial charge is 0.496 e. The fraction of sp³-hybridized carbons (Fsp3) is 0.125. The Bertz CT molecular complexity index is 5200. The Morgan fingerprint density at radius 3 is 0.979 bits per heavy atom. The fourth-order valence-electron chi connectivity index (χ4n) is 16.1. The molecule has 8 aromatic carbocycles. The van der Waals surface area contributed by atoms with Crippen molar-refractivity contribution in [2.75, 3.05) is 28.4 Å². The van der Waals surface area contributed by atoms with Crippen molar-refractivity contribution in [2.45, 2.75) is 37.5 Å². The summed E-state index contributed by atoms with van der Waals surface area (Å²) in [5.74, 6) is 1.89. The van der Waals surface area contributed by atoms with Crippen LogP contribution in [0.15, 0.2) is 206 Å². The Labute approximate surface area is 551 Å². The Morgan fingerprint density at radius 2 is 0.646 bits per heavy atom. The molecular weight excluding hydrogens is 1200 g/mol. The minimum Gasteiger partial charge on any atom is -0.496 e. The summed E-state index contributed by atoms with van der Waals surface area (Å²) in [6, 6.07) is 68.4. The lowest BCUT2D eigenvalue weighted by atomic mass is 9.79. The number of carbonyl (C=O) groups excluding carboxylic acids is 2. The monoisotopic (exact) mass is 1260 g/mol. The smallest absolute Gasteiger partial charge is 0.325 e. The van der Waals surface area contributed by atoms with Crippen molar-refractivity contribution in [1.29, 1.82) is 0 Å². The van der Waals surface area contributed by atoms with Crippen molar-refractivity contribution in [3.8, 4) is 67.5 Å². The normalized spacial score (nSPS) is 17.4. The number of fused-ring (bicyclic) bond motifs is 14. The average Bonchev–Trinajstić information content (AvgIpc) is 1.47. The van der Waals surface area contributed by atoms with Crippen molar-refractivity contribution < 1.29 is 28.5 Å². The minimum absolute atomic E-state index is 0.0444. The Hall–Kier alpha value is -12.3. The van der Waals surface area contributed by atoms with Crippen molar-refractivity contribution in [3.05, 3.63) is 262 Å². The van der Waals surface area contributed by atoms with E-state index >= 15 is 9.59 Å². The number of carbonyl (C=O) groups is 2. The van der Waals surface area contributed by atoms with Crippen LogP contribution < -0.4 is 18.9 Å². The summed E-state index contributed by atoms with van der Waals surface area (Å²) in [6.07, 6.45) is 8.33. The van der Waals surface area contributed by atoms with Gasteiger partial charge in [-0.25, -0.2) is 29.5 Å². The number of aromatic nitrogens is 6. The van der Waals surface area contributed by atoms with Gasteiger partial charge < -0.3 is 28.9 Å². The molecule has 2 fully saturated rings. The lowest BCUT2D eigenvalue weighted by Gasteiger charge is -2.49. The van der Waals surface area contributed by atoms with Gasteiger partial charge in [0.2, 0.25) is 0 Å². The zero-order chi connectivity index (χ0) is 64.6. The first-order chi connectivity index (χ1) is 47.3. The minimum atomic E-state index is -1.55. The summed E-state index contributed by atoms with van der Waals surface area (Å²) in [7, 11) is 6.50. The standard InChI is InChI=1S/C80H60N10O6/c1-93-63-41-42-64(94-2)54-44-88-78(92)90-46-56-55(45-89-77(91)87(43-53(54)63)79(88,51-31-19-9-20-32-51)80(89,90)52-33-21-10-22-34-52)75(95-3)73-74(76(56)96-4)86-72-70-68(50-29-17-8-18-30-50)62-40-38-60(83-62)66(48-25-13-6-14-26-48)58-36-35-57(81-58)65(47-23-11-5-12-24-47)59-37-39-61(82-59)67(49-27-15-7-16-28-49)69(84-70)71(72)85-73/h5-42,81,84H,43-46H2,1-4H3. The molecule has 16 nitrogen and oxygen atoms in total. The number of methoxy groups -OCH3 is 4. The Morgan fingerprint density at radius 1 is 0.333 bits per heavy atom. The highest BCUT2D eigenvalue weighted by Gasteiger charge is 2.81. The molecule has 0 unspecified atom stereocenters. The summed E-state index contributed by atoms with van der Waals surface area (Å²) in [6.45, 7) is 0.0653. The van der Waals surface area contributed by atoms with E-state index in [9.17, 15) is 0 Å². The lowest BCUT2D eigenvalue weighted by molar-refractivity contribution is -0.0795. The van der Waals surface area contributed by atoms with Crippen molar-refractivity contribution >= 4 is 80.5 Å². The van der Waals surface area contributed by atoms with Gasteiger partial charge in [-0.2, -0.15) is 0 Å². The van der Waals surface area contributed by atoms with Crippen molar-refractivity contribution in [1.82, 2.24) is 49.5 Å². The molecule has 12 aromatic rings. The van der Waals surface area contributed by atoms with Gasteiger partial charge in [0.05, 0.1) is 88.4 Å². The number of hydrogen-bond acceptors (Lipinski definition) is 10. The molecule has 6 aliphatic heterocycles. The van der Waals surface area contributed by atoms with Crippen LogP contribution in [-0.2, 0) is 37.5 Å². The molecule has 0 aliphatic carbocycles. The maximum Gasteiger partial charge on any atom is 0.325 e. The lowest BCUT2D eigenvalue weighted by Crippen LogP contribution is -2.62. The predicted octanol–water partition coefficient (Wildman–Crippen LogP) is 16.4. The second-order valence-corrected chi connectivity index (χ2v) is 24.6. The van der Waals surface area contributed by atoms with Gasteiger partial charge in [-0.3, -0.25) is 19.6 Å². The first-order valence-electron chi connectivity index (χ1n) is 32.0. The van der Waals surface area contributed by atoms with Gasteiger partial charge in [0.15, 0.2) is 22.8 Å². The molecule has 8 bridgehead atoms. The quantitative estimate of drug-likeness (QED) is 0.134. The van der Waals surface area contributed by atoms with Crippen LogP contribution in [0.25, 0.3) is 113 Å². The zero-order valence-corrected chi connectivity index (χ0v) is 52.8. The topological polar surface area (TPSA) is 167 Å². The van der Waals surface area contributed by atoms with Crippen LogP contribution in [0, 0.1) is 0 Å². The molecule has 18 rings (SSSR count). The van der Waals surface area contributed by atoms with Crippen LogP contribution in [0.1, 0.15) is 56.2 Å². The molecular formula is C80H60N10O6. The molecule has 0 radical (unpaired) electrons. The third kappa shape index (κ3) is 7.83. The SMILES string of the molecule is COc1ccc(OC)c2c1CN1C(=O)N3Cc4c(c(OC)c5nc6c7[nH]c(c(-c8ccccc8)c8nc(c(-c9ccccc9)c9ccc([nH]9)c(-c9ccccc9)c9nc(c7-c7ccccc7)C=C9)C=C8)c6nc5c4OC)CN4C(=O)N(C2)C1(c1ccccc1)C34c1ccccc1. The fourth-order valence-corrected chi connectivity index (χ4v) is 16.1. The summed E-state index contributed by atoms with van der Waals surface area (Å²) in [4.78, 5) is 71.9. The second kappa shape index (κ2) is 21.6. The number of hydrogen-bond donors (Lipinski definition) is 2. The number of H-pyrrole nitrogens is 2. The van der Waals surface area contributed by atoms with Gasteiger partial charge >= 0.3 is 12.1 Å². The zero-order valence-electron chi connectivity index (χ0n) is 52.8. The first-order valence-corrected chi connectivity index (χ1v) is 32.0. The van der Waals surface area contributed by atoms with E-state index in [1.54, 1.807) is 28.4 Å². The third-order valence-corrected chi connectivity index (χ3v) is 20.0. The third-order valence-electron chi connectivity index (χ3n) is 20.0. The first kappa shape index (κ1) is 56.5. The van der Waals surface area contributed by atoms with E-state index < -0.39 is 11.3 Å². The van der Waals surface area contributed by atoms with Gasteiger partial charge in [-0.1, -0.05) is 182 Å². The maximum absolute atomic E-state index is 16.7. The number of benzene rings is 8. The van der Waals surface area contributed by atoms with Gasteiger partial charge in [-0.15, -0.1) is 0 Å². The second-order valence-electron chi connectivity index (χ2n) is 24.6. The van der Waals surface area contributed by atoms with Crippen LogP contribution in [0.4, 0.5) is 9.59 Å². The number of nitrogens with zero attached hydrogens (tertiary/aromatic N) is 8. The molecule has 96 heavy (non-hydrogen) atoms. The van der Waals surface area contributed by atoms with Crippen LogP contribution in [0.5, 0.6) is 23.0 Å². The van der Waals surface area contributed by atoms with Gasteiger partial charge in [0.25, 0.3) is 0 Å². The highest BCUT2D eigenvalue weighted by Crippen LogP contribution is 2.67. The maximum atomic E-state index is 16.7. The molecule has 0 spiro atoms. The molecule has 0 saturated carbocycles. The van der Waals surface area contributed by atoms with E-state index in [-0.39, 0.29) is 38.2 Å². The van der Waals surface area contributed by atoms with Gasteiger partial charge in [-0.05, 0) is 70.8 Å². The number of rotatable bonds is 10. The van der Waals surface area contributed by atoms with Crippen molar-refractivity contribution in [2.24, 2.45) is 0 Å². The molecule has 2 saturated heterocycles. The number of amides is 4. The van der Waals surface area contributed by atoms with E-state index in [2.05, 4.69) is 94.9 Å². The molecule has 0 atom stereocenters. The molecule has 16 heteroatoms. The van der Waals surface area contributed by atoms with Gasteiger partial charge in [0, 0.05) is 66.7 Å². The average molecular weight is 1260 g/mol. The molecule has 6 aliphatic rings. The number of urea groups is 2. The van der Waals surface area contributed by atoms with E-state index in [0.29, 0.717) is 78.6 Å². The predicted molar refractivity (Wildman–Crippen MR) is 373 cm³/mol. The van der Waals surface area contributed by atoms with E-state index in [1.807, 2.05) is 165 Å². The van der Waals surface area contributed by atoms with E-state index in [1.165, 1.54) is 0 Å². The van der Waals surface area contributed by atoms with Gasteiger partial charge in [0.1, 0.15) is 33.6 Å². The molecule has 10 heterocycles. The van der Waals surface area contributed by atoms with Crippen LogP contribution in [-0.4, -0.2) is 90.0 Å². The van der Waals surface area contributed by atoms with Crippen LogP contribution >= 0.6 is 0 Å². The Kier molecular flexibility index (Phi) is 12.7. The number of aromatic amines is 2. The molecule has 4 amide bonds. The summed E-state index contributed by atoms with van der Waals surface area (Å²) in [5.41, 5.74) is 16.0. The highest BCUT2D eigenvalue weighted by atomic mass is 16.5. The number of ether oxygens (including phenoxy) is 4. The molecule has 466 valence electrons. The molecule has 2 N–H and O–H groups in total. The highest BCUT2D eigenvalue weighted by molar-refractivity contribution is 6.16. The number of nitrogens with one attached hydrogen (secondary N) is 2. The summed E-state index contributed by atoms with van der Waals surface area (Å²) >= 11 is 0.